The Kier molecular flexibility index (Phi) is 3.25. The molecule has 1 fully saturated rings. The molecule has 2 N–H and O–H groups in total. The normalized spacial score (nSPS) is 41.6. The Morgan fingerprint density at radius 3 is 2.59 bits per heavy atom. The van der Waals surface area contributed by atoms with Crippen molar-refractivity contribution in [1.29, 1.82) is 0 Å². The second-order valence-corrected chi connectivity index (χ2v) is 6.63. The fraction of sp³-hybridized carbons (Fsp3) is 0.857. The number of allylic oxidation sites excluding steroid dienone is 1. The van der Waals surface area contributed by atoms with Crippen LogP contribution < -0.4 is 10.6 Å². The molecule has 2 heterocycles. The molecule has 3 heteroatoms. The number of ether oxygens (including phenoxy) is 1. The summed E-state index contributed by atoms with van der Waals surface area (Å²) in [6.07, 6.45) is 5.51. The second-order valence-electron chi connectivity index (χ2n) is 6.63. The van der Waals surface area contributed by atoms with Gasteiger partial charge in [0.05, 0.1) is 12.4 Å². The van der Waals surface area contributed by atoms with Crippen LogP contribution in [0.3, 0.4) is 0 Å². The quantitative estimate of drug-likeness (QED) is 0.736. The Morgan fingerprint density at radius 1 is 1.35 bits per heavy atom. The zero-order valence-electron chi connectivity index (χ0n) is 11.8. The minimum absolute atomic E-state index is 0.133. The van der Waals surface area contributed by atoms with Crippen LogP contribution >= 0.6 is 0 Å². The van der Waals surface area contributed by atoms with Crippen molar-refractivity contribution in [3.05, 3.63) is 11.8 Å². The molecule has 3 atom stereocenters. The molecule has 0 aromatic rings. The van der Waals surface area contributed by atoms with Gasteiger partial charge < -0.3 is 4.74 Å². The van der Waals surface area contributed by atoms with Crippen LogP contribution in [0.25, 0.3) is 0 Å². The first-order chi connectivity index (χ1) is 7.81. The van der Waals surface area contributed by atoms with E-state index in [1.165, 1.54) is 5.57 Å². The first kappa shape index (κ1) is 12.9. The van der Waals surface area contributed by atoms with Crippen LogP contribution in [0.1, 0.15) is 53.9 Å². The zero-order chi connectivity index (χ0) is 12.7. The lowest BCUT2D eigenvalue weighted by molar-refractivity contribution is -0.0491. The molecule has 2 aliphatic heterocycles. The molecule has 0 spiro atoms. The van der Waals surface area contributed by atoms with Crippen LogP contribution in [-0.4, -0.2) is 23.3 Å². The zero-order valence-corrected chi connectivity index (χ0v) is 11.8. The highest BCUT2D eigenvalue weighted by Gasteiger charge is 2.43. The van der Waals surface area contributed by atoms with E-state index in [1.54, 1.807) is 0 Å². The highest BCUT2D eigenvalue weighted by Crippen LogP contribution is 2.32. The molecule has 0 radical (unpaired) electrons. The van der Waals surface area contributed by atoms with Crippen LogP contribution in [0.2, 0.25) is 0 Å². The first-order valence-electron chi connectivity index (χ1n) is 6.68. The molecule has 1 saturated heterocycles. The van der Waals surface area contributed by atoms with Crippen LogP contribution in [0, 0.1) is 0 Å². The molecule has 3 nitrogen and oxygen atoms in total. The van der Waals surface area contributed by atoms with Gasteiger partial charge in [-0.2, -0.15) is 0 Å². The molecule has 0 aromatic carbocycles. The third-order valence-electron chi connectivity index (χ3n) is 3.96. The summed E-state index contributed by atoms with van der Waals surface area (Å²) in [6, 6.07) is 0.531. The van der Waals surface area contributed by atoms with Crippen molar-refractivity contribution in [2.45, 2.75) is 77.2 Å². The SMILES string of the molecule is CC1=CO[C@](C)([C@H]2N[C@@H](C)CC(C)(C)N2)CC1. The maximum absolute atomic E-state index is 5.97. The lowest BCUT2D eigenvalue weighted by Gasteiger charge is -2.49. The molecule has 0 bridgehead atoms. The van der Waals surface area contributed by atoms with E-state index < -0.39 is 0 Å². The van der Waals surface area contributed by atoms with Crippen molar-refractivity contribution < 1.29 is 4.74 Å². The number of hydrogen-bond donors (Lipinski definition) is 2. The Labute approximate surface area is 105 Å². The summed E-state index contributed by atoms with van der Waals surface area (Å²) in [6.45, 7) is 11.1. The topological polar surface area (TPSA) is 33.3 Å². The van der Waals surface area contributed by atoms with E-state index in [4.69, 9.17) is 4.74 Å². The van der Waals surface area contributed by atoms with E-state index in [1.807, 2.05) is 6.26 Å². The smallest absolute Gasteiger partial charge is 0.134 e. The molecular weight excluding hydrogens is 212 g/mol. The third-order valence-corrected chi connectivity index (χ3v) is 3.96. The van der Waals surface area contributed by atoms with E-state index in [0.29, 0.717) is 6.04 Å². The Hall–Kier alpha value is -0.540. The van der Waals surface area contributed by atoms with E-state index in [0.717, 1.165) is 19.3 Å². The van der Waals surface area contributed by atoms with Crippen molar-refractivity contribution in [2.24, 2.45) is 0 Å². The molecule has 0 unspecified atom stereocenters. The van der Waals surface area contributed by atoms with E-state index in [9.17, 15) is 0 Å². The number of rotatable bonds is 1. The second kappa shape index (κ2) is 4.29. The summed E-state index contributed by atoms with van der Waals surface area (Å²) in [5.41, 5.74) is 1.38. The summed E-state index contributed by atoms with van der Waals surface area (Å²) in [7, 11) is 0. The van der Waals surface area contributed by atoms with Gasteiger partial charge in [0.1, 0.15) is 5.60 Å². The van der Waals surface area contributed by atoms with Gasteiger partial charge in [-0.25, -0.2) is 0 Å². The molecule has 17 heavy (non-hydrogen) atoms. The summed E-state index contributed by atoms with van der Waals surface area (Å²) in [4.78, 5) is 0. The van der Waals surface area contributed by atoms with Gasteiger partial charge in [-0.3, -0.25) is 10.6 Å². The maximum atomic E-state index is 5.97. The minimum Gasteiger partial charge on any atom is -0.492 e. The summed E-state index contributed by atoms with van der Waals surface area (Å²) in [5.74, 6) is 0. The van der Waals surface area contributed by atoms with Crippen molar-refractivity contribution in [3.63, 3.8) is 0 Å². The molecule has 2 rings (SSSR count). The molecule has 2 aliphatic rings. The molecule has 0 saturated carbocycles. The van der Waals surface area contributed by atoms with Crippen LogP contribution in [0.15, 0.2) is 11.8 Å². The Balaban J connectivity index is 2.11. The van der Waals surface area contributed by atoms with E-state index >= 15 is 0 Å². The van der Waals surface area contributed by atoms with Crippen molar-refractivity contribution in [3.8, 4) is 0 Å². The van der Waals surface area contributed by atoms with Gasteiger partial charge in [0.2, 0.25) is 0 Å². The molecule has 0 aliphatic carbocycles. The van der Waals surface area contributed by atoms with Crippen molar-refractivity contribution >= 4 is 0 Å². The van der Waals surface area contributed by atoms with Gasteiger partial charge in [-0.1, -0.05) is 0 Å². The van der Waals surface area contributed by atoms with Crippen LogP contribution in [0.5, 0.6) is 0 Å². The lowest BCUT2D eigenvalue weighted by Crippen LogP contribution is -2.69. The standard InChI is InChI=1S/C14H26N2O/c1-10-6-7-14(5,17-9-10)12-15-11(2)8-13(3,4)16-12/h9,11-12,15-16H,6-8H2,1-5H3/t11-,12-,14-/m0/s1. The average Bonchev–Trinajstić information content (AvgIpc) is 2.20. The fourth-order valence-corrected chi connectivity index (χ4v) is 2.94. The average molecular weight is 238 g/mol. The van der Waals surface area contributed by atoms with Crippen LogP contribution in [-0.2, 0) is 4.74 Å². The number of hydrogen-bond acceptors (Lipinski definition) is 3. The van der Waals surface area contributed by atoms with Gasteiger partial charge in [0.15, 0.2) is 0 Å². The van der Waals surface area contributed by atoms with Gasteiger partial charge in [-0.15, -0.1) is 0 Å². The Morgan fingerprint density at radius 2 is 2.06 bits per heavy atom. The fourth-order valence-electron chi connectivity index (χ4n) is 2.94. The highest BCUT2D eigenvalue weighted by molar-refractivity contribution is 5.07. The molecule has 98 valence electrons. The summed E-state index contributed by atoms with van der Waals surface area (Å²) < 4.78 is 5.97. The molecule has 0 amide bonds. The first-order valence-corrected chi connectivity index (χ1v) is 6.68. The lowest BCUT2D eigenvalue weighted by atomic mass is 9.85. The molecule has 0 aromatic heterocycles. The number of nitrogens with one attached hydrogen (secondary N) is 2. The largest absolute Gasteiger partial charge is 0.492 e. The summed E-state index contributed by atoms with van der Waals surface area (Å²) >= 11 is 0. The van der Waals surface area contributed by atoms with Crippen LogP contribution in [0.4, 0.5) is 0 Å². The third kappa shape index (κ3) is 2.83. The van der Waals surface area contributed by atoms with Gasteiger partial charge in [0.25, 0.3) is 0 Å². The van der Waals surface area contributed by atoms with Gasteiger partial charge in [0, 0.05) is 11.6 Å². The summed E-state index contributed by atoms with van der Waals surface area (Å²) in [5, 5.41) is 7.31. The van der Waals surface area contributed by atoms with E-state index in [-0.39, 0.29) is 17.3 Å². The van der Waals surface area contributed by atoms with Gasteiger partial charge >= 0.3 is 0 Å². The maximum Gasteiger partial charge on any atom is 0.134 e. The predicted molar refractivity (Wildman–Crippen MR) is 70.7 cm³/mol. The van der Waals surface area contributed by atoms with Crippen molar-refractivity contribution in [2.75, 3.05) is 0 Å². The highest BCUT2D eigenvalue weighted by atomic mass is 16.5. The Bertz CT molecular complexity index is 324. The molecular formula is C14H26N2O. The predicted octanol–water partition coefficient (Wildman–Crippen LogP) is 2.54. The minimum atomic E-state index is -0.133. The monoisotopic (exact) mass is 238 g/mol. The van der Waals surface area contributed by atoms with Gasteiger partial charge in [-0.05, 0) is 59.5 Å². The van der Waals surface area contributed by atoms with E-state index in [2.05, 4.69) is 45.3 Å². The van der Waals surface area contributed by atoms with Crippen molar-refractivity contribution in [1.82, 2.24) is 10.6 Å².